The maximum Gasteiger partial charge on any atom is 0.243 e. The van der Waals surface area contributed by atoms with Crippen molar-refractivity contribution in [2.75, 3.05) is 6.54 Å². The summed E-state index contributed by atoms with van der Waals surface area (Å²) >= 11 is 0. The van der Waals surface area contributed by atoms with E-state index in [0.29, 0.717) is 11.6 Å². The number of aryl methyl sites for hydroxylation is 1. The van der Waals surface area contributed by atoms with Crippen molar-refractivity contribution in [1.29, 1.82) is 0 Å². The van der Waals surface area contributed by atoms with Crippen LogP contribution in [-0.2, 0) is 10.0 Å². The van der Waals surface area contributed by atoms with Gasteiger partial charge in [-0.15, -0.1) is 0 Å². The number of halogens is 3. The fourth-order valence-electron chi connectivity index (χ4n) is 1.91. The number of sulfonamides is 1. The Morgan fingerprint density at radius 1 is 1.09 bits per heavy atom. The maximum atomic E-state index is 13.7. The average molecular weight is 345 g/mol. The Morgan fingerprint density at radius 2 is 1.70 bits per heavy atom. The third kappa shape index (κ3) is 4.10. The molecule has 2 rings (SSSR count). The number of aliphatic hydroxyl groups is 1. The zero-order chi connectivity index (χ0) is 17.2. The molecule has 0 spiro atoms. The van der Waals surface area contributed by atoms with Crippen LogP contribution in [0.25, 0.3) is 0 Å². The molecule has 0 amide bonds. The molecule has 0 aliphatic rings. The molecule has 0 bridgehead atoms. The van der Waals surface area contributed by atoms with Crippen LogP contribution in [0.1, 0.15) is 17.2 Å². The molecule has 0 saturated carbocycles. The Kier molecular flexibility index (Phi) is 5.08. The molecule has 0 fully saturated rings. The smallest absolute Gasteiger partial charge is 0.243 e. The topological polar surface area (TPSA) is 66.4 Å². The highest BCUT2D eigenvalue weighted by Gasteiger charge is 2.22. The molecule has 23 heavy (non-hydrogen) atoms. The third-order valence-electron chi connectivity index (χ3n) is 3.22. The van der Waals surface area contributed by atoms with Crippen LogP contribution in [0.5, 0.6) is 0 Å². The van der Waals surface area contributed by atoms with Gasteiger partial charge in [-0.2, -0.15) is 0 Å². The van der Waals surface area contributed by atoms with Crippen molar-refractivity contribution < 1.29 is 26.7 Å². The van der Waals surface area contributed by atoms with Crippen LogP contribution in [-0.4, -0.2) is 20.1 Å². The van der Waals surface area contributed by atoms with E-state index in [-0.39, 0.29) is 5.56 Å². The van der Waals surface area contributed by atoms with E-state index < -0.39 is 45.0 Å². The molecule has 0 radical (unpaired) electrons. The number of benzene rings is 2. The Balaban J connectivity index is 2.16. The number of hydrogen-bond acceptors (Lipinski definition) is 3. The van der Waals surface area contributed by atoms with Crippen LogP contribution in [0.3, 0.4) is 0 Å². The van der Waals surface area contributed by atoms with Gasteiger partial charge < -0.3 is 5.11 Å². The van der Waals surface area contributed by atoms with Crippen molar-refractivity contribution in [3.05, 3.63) is 65.0 Å². The highest BCUT2D eigenvalue weighted by molar-refractivity contribution is 7.89. The lowest BCUT2D eigenvalue weighted by Gasteiger charge is -2.13. The van der Waals surface area contributed by atoms with Gasteiger partial charge in [0.05, 0.1) is 6.10 Å². The second-order valence-corrected chi connectivity index (χ2v) is 6.69. The average Bonchev–Trinajstić information content (AvgIpc) is 2.49. The second kappa shape index (κ2) is 6.69. The summed E-state index contributed by atoms with van der Waals surface area (Å²) in [5, 5.41) is 9.89. The molecule has 0 aliphatic heterocycles. The summed E-state index contributed by atoms with van der Waals surface area (Å²) in [5.74, 6) is -2.57. The van der Waals surface area contributed by atoms with Crippen molar-refractivity contribution in [2.24, 2.45) is 0 Å². The molecule has 0 heterocycles. The number of rotatable bonds is 5. The molecular weight excluding hydrogens is 331 g/mol. The molecule has 0 aromatic heterocycles. The van der Waals surface area contributed by atoms with E-state index in [1.807, 2.05) is 4.72 Å². The van der Waals surface area contributed by atoms with Crippen molar-refractivity contribution in [3.63, 3.8) is 0 Å². The minimum Gasteiger partial charge on any atom is -0.387 e. The molecule has 0 aliphatic carbocycles. The molecule has 1 unspecified atom stereocenters. The van der Waals surface area contributed by atoms with Crippen molar-refractivity contribution in [2.45, 2.75) is 17.9 Å². The van der Waals surface area contributed by atoms with Gasteiger partial charge in [0.15, 0.2) is 0 Å². The number of aliphatic hydroxyl groups excluding tert-OH is 1. The quantitative estimate of drug-likeness (QED) is 0.875. The third-order valence-corrected chi connectivity index (χ3v) is 4.66. The fourth-order valence-corrected chi connectivity index (χ4v) is 3.09. The summed E-state index contributed by atoms with van der Waals surface area (Å²) in [6, 6.07) is 6.21. The molecule has 2 aromatic rings. The van der Waals surface area contributed by atoms with Gasteiger partial charge in [0, 0.05) is 12.6 Å². The van der Waals surface area contributed by atoms with Gasteiger partial charge >= 0.3 is 0 Å². The first-order valence-corrected chi connectivity index (χ1v) is 8.08. The Hall–Kier alpha value is -1.90. The Bertz CT molecular complexity index is 807. The first-order chi connectivity index (χ1) is 10.7. The summed E-state index contributed by atoms with van der Waals surface area (Å²) in [6.07, 6.45) is -1.24. The largest absolute Gasteiger partial charge is 0.387 e. The molecule has 124 valence electrons. The molecule has 0 saturated heterocycles. The lowest BCUT2D eigenvalue weighted by molar-refractivity contribution is 0.182. The van der Waals surface area contributed by atoms with Crippen molar-refractivity contribution >= 4 is 10.0 Å². The normalized spacial score (nSPS) is 13.1. The van der Waals surface area contributed by atoms with E-state index in [9.17, 15) is 26.7 Å². The lowest BCUT2D eigenvalue weighted by atomic mass is 10.1. The highest BCUT2D eigenvalue weighted by atomic mass is 32.2. The SMILES string of the molecule is Cc1cc(S(=O)(=O)NCC(O)c2ccc(F)cc2)c(F)cc1F. The first-order valence-electron chi connectivity index (χ1n) is 6.59. The van der Waals surface area contributed by atoms with Gasteiger partial charge in [-0.3, -0.25) is 0 Å². The van der Waals surface area contributed by atoms with Gasteiger partial charge in [0.2, 0.25) is 10.0 Å². The molecule has 1 atom stereocenters. The van der Waals surface area contributed by atoms with Crippen molar-refractivity contribution in [1.82, 2.24) is 4.72 Å². The van der Waals surface area contributed by atoms with Crippen LogP contribution in [0, 0.1) is 24.4 Å². The summed E-state index contributed by atoms with van der Waals surface area (Å²) in [4.78, 5) is -0.706. The highest BCUT2D eigenvalue weighted by Crippen LogP contribution is 2.20. The number of hydrogen-bond donors (Lipinski definition) is 2. The van der Waals surface area contributed by atoms with Crippen LogP contribution < -0.4 is 4.72 Å². The second-order valence-electron chi connectivity index (χ2n) is 4.95. The van der Waals surface area contributed by atoms with Crippen LogP contribution >= 0.6 is 0 Å². The molecule has 4 nitrogen and oxygen atoms in total. The minimum atomic E-state index is -4.27. The fraction of sp³-hybridized carbons (Fsp3) is 0.200. The van der Waals surface area contributed by atoms with E-state index in [1.54, 1.807) is 0 Å². The standard InChI is InChI=1S/C15H14F3NO3S/c1-9-6-15(13(18)7-12(9)17)23(21,22)19-8-14(20)10-2-4-11(16)5-3-10/h2-7,14,19-20H,8H2,1H3. The molecule has 2 aromatic carbocycles. The van der Waals surface area contributed by atoms with E-state index in [2.05, 4.69) is 0 Å². The van der Waals surface area contributed by atoms with Gasteiger partial charge in [-0.1, -0.05) is 12.1 Å². The summed E-state index contributed by atoms with van der Waals surface area (Å²) in [6.45, 7) is 0.866. The van der Waals surface area contributed by atoms with Crippen LogP contribution in [0.2, 0.25) is 0 Å². The minimum absolute atomic E-state index is 0.0224. The molecular formula is C15H14F3NO3S. The summed E-state index contributed by atoms with van der Waals surface area (Å²) in [7, 11) is -4.27. The van der Waals surface area contributed by atoms with Gasteiger partial charge in [-0.25, -0.2) is 26.3 Å². The van der Waals surface area contributed by atoms with E-state index in [4.69, 9.17) is 0 Å². The monoisotopic (exact) mass is 345 g/mol. The van der Waals surface area contributed by atoms with Crippen molar-refractivity contribution in [3.8, 4) is 0 Å². The predicted molar refractivity (Wildman–Crippen MR) is 77.6 cm³/mol. The Labute approximate surface area is 131 Å². The lowest BCUT2D eigenvalue weighted by Crippen LogP contribution is -2.29. The zero-order valence-corrected chi connectivity index (χ0v) is 12.9. The predicted octanol–water partition coefficient (Wildman–Crippen LogP) is 2.42. The number of nitrogens with one attached hydrogen (secondary N) is 1. The van der Waals surface area contributed by atoms with Gasteiger partial charge in [0.25, 0.3) is 0 Å². The van der Waals surface area contributed by atoms with Crippen LogP contribution in [0.15, 0.2) is 41.3 Å². The van der Waals surface area contributed by atoms with Gasteiger partial charge in [-0.05, 0) is 36.2 Å². The Morgan fingerprint density at radius 3 is 2.30 bits per heavy atom. The maximum absolute atomic E-state index is 13.7. The first kappa shape index (κ1) is 17.5. The molecule has 2 N–H and O–H groups in total. The summed E-state index contributed by atoms with van der Waals surface area (Å²) < 4.78 is 65.8. The zero-order valence-electron chi connectivity index (χ0n) is 12.1. The van der Waals surface area contributed by atoms with Crippen LogP contribution in [0.4, 0.5) is 13.2 Å². The van der Waals surface area contributed by atoms with E-state index in [0.717, 1.165) is 18.2 Å². The van der Waals surface area contributed by atoms with Gasteiger partial charge in [0.1, 0.15) is 22.3 Å². The van der Waals surface area contributed by atoms with E-state index >= 15 is 0 Å². The van der Waals surface area contributed by atoms with E-state index in [1.165, 1.54) is 19.1 Å². The molecule has 8 heteroatoms. The summed E-state index contributed by atoms with van der Waals surface area (Å²) in [5.41, 5.74) is 0.274.